The van der Waals surface area contributed by atoms with Crippen LogP contribution in [0.5, 0.6) is 0 Å². The highest BCUT2D eigenvalue weighted by molar-refractivity contribution is 6.08. The highest BCUT2D eigenvalue weighted by Gasteiger charge is 2.43. The third kappa shape index (κ3) is 12.7. The van der Waals surface area contributed by atoms with Crippen molar-refractivity contribution in [2.45, 2.75) is 145 Å². The van der Waals surface area contributed by atoms with Gasteiger partial charge in [0, 0.05) is 30.6 Å². The lowest BCUT2D eigenvalue weighted by atomic mass is 9.79. The Morgan fingerprint density at radius 1 is 0.606 bits per heavy atom. The van der Waals surface area contributed by atoms with Gasteiger partial charge in [-0.1, -0.05) is 111 Å². The van der Waals surface area contributed by atoms with Gasteiger partial charge in [0.05, 0.1) is 24.7 Å². The van der Waals surface area contributed by atoms with Gasteiger partial charge in [0.1, 0.15) is 18.1 Å². The molecule has 380 valence electrons. The number of unbranched alkanes of at least 4 members (excludes halogenated alkanes) is 3. The first-order chi connectivity index (χ1) is 33.6. The molecular formula is C56H71Cl2N7O6. The quantitative estimate of drug-likeness (QED) is 0.0582. The summed E-state index contributed by atoms with van der Waals surface area (Å²) in [4.78, 5) is 88.1. The van der Waals surface area contributed by atoms with Gasteiger partial charge >= 0.3 is 0 Å². The Balaban J connectivity index is 0.00000413. The summed E-state index contributed by atoms with van der Waals surface area (Å²) >= 11 is 0. The first-order valence-corrected chi connectivity index (χ1v) is 25.3. The third-order valence-electron chi connectivity index (χ3n) is 14.9. The monoisotopic (exact) mass is 1010 g/mol. The number of benzene rings is 4. The number of rotatable bonds is 20. The molecule has 2 aliphatic heterocycles. The standard InChI is InChI=1S/C56H69N7O6.2ClH/c1-36(58-3)53(66)61-46(56(69)63-48-31-15-11-21-41(48)33-50(63)54(67)60-44-29-17-23-38-19-9-13-26-43(38)44)28-7-5-4-6-27-45(59-52(65)35-57-2)55(68)62-47-30-14-10-20-40(47)32-49(62)51(64)34-39-24-16-22-37-18-8-12-25-42(37)39;;/h8-15,18-21,25-26,30-31,36,39,44-46,49-50,57-58H,4-7,16-17,22-24,27-29,32-35H2,1-3H3,(H,59,65)(H,60,67)(H,61,66);2*1H/t36-,39-,44+,45?,46-,49-,50-;;/m0../s1. The number of carbonyl (C=O) groups excluding carboxylic acids is 6. The number of aryl methyl sites for hydroxylation is 2. The maximum Gasteiger partial charge on any atom is 0.250 e. The minimum absolute atomic E-state index is 0. The number of fused-ring (bicyclic) bond motifs is 4. The lowest BCUT2D eigenvalue weighted by Gasteiger charge is -2.32. The molecule has 71 heavy (non-hydrogen) atoms. The molecule has 15 heteroatoms. The van der Waals surface area contributed by atoms with E-state index in [1.165, 1.54) is 16.7 Å². The molecule has 4 aliphatic rings. The van der Waals surface area contributed by atoms with E-state index in [1.807, 2.05) is 72.8 Å². The predicted octanol–water partition coefficient (Wildman–Crippen LogP) is 7.16. The SMILES string of the molecule is CNCC(=O)NC(CCCCCC[C@H](NC(=O)[C@H](C)NC)C(=O)N1c2ccccc2C[C@H]1C(=O)N[C@@H]1CCCc2ccccc21)C(=O)N1c2ccccc2C[C@H]1C(=O)C[C@@H]1CCCc2ccccc21.Cl.Cl. The fourth-order valence-electron chi connectivity index (χ4n) is 11.1. The van der Waals surface area contributed by atoms with Crippen molar-refractivity contribution in [2.75, 3.05) is 30.4 Å². The molecule has 13 nitrogen and oxygen atoms in total. The smallest absolute Gasteiger partial charge is 0.250 e. The van der Waals surface area contributed by atoms with Crippen molar-refractivity contribution < 1.29 is 28.8 Å². The fraction of sp³-hybridized carbons (Fsp3) is 0.464. The summed E-state index contributed by atoms with van der Waals surface area (Å²) in [5.41, 5.74) is 8.08. The van der Waals surface area contributed by atoms with Gasteiger partial charge < -0.3 is 26.6 Å². The van der Waals surface area contributed by atoms with E-state index in [-0.39, 0.29) is 78.6 Å². The van der Waals surface area contributed by atoms with Crippen LogP contribution in [0.2, 0.25) is 0 Å². The van der Waals surface area contributed by atoms with E-state index in [0.717, 1.165) is 55.2 Å². The predicted molar refractivity (Wildman–Crippen MR) is 283 cm³/mol. The van der Waals surface area contributed by atoms with Crippen LogP contribution in [0.4, 0.5) is 11.4 Å². The van der Waals surface area contributed by atoms with Crippen molar-refractivity contribution in [1.82, 2.24) is 26.6 Å². The zero-order chi connectivity index (χ0) is 48.4. The van der Waals surface area contributed by atoms with Crippen LogP contribution in [0.25, 0.3) is 0 Å². The molecule has 0 spiro atoms. The van der Waals surface area contributed by atoms with Crippen LogP contribution in [0.15, 0.2) is 97.1 Å². The summed E-state index contributed by atoms with van der Waals surface area (Å²) in [7, 11) is 3.37. The average Bonchev–Trinajstić information content (AvgIpc) is 3.96. The van der Waals surface area contributed by atoms with E-state index in [0.29, 0.717) is 69.2 Å². The van der Waals surface area contributed by atoms with Crippen molar-refractivity contribution in [3.05, 3.63) is 130 Å². The van der Waals surface area contributed by atoms with Gasteiger partial charge in [0.25, 0.3) is 0 Å². The van der Waals surface area contributed by atoms with E-state index < -0.39 is 30.2 Å². The number of para-hydroxylation sites is 2. The van der Waals surface area contributed by atoms with Crippen LogP contribution in [0, 0.1) is 0 Å². The number of hydrogen-bond donors (Lipinski definition) is 5. The highest BCUT2D eigenvalue weighted by Crippen LogP contribution is 2.39. The number of anilines is 2. The normalized spacial score (nSPS) is 19.8. The van der Waals surface area contributed by atoms with Crippen LogP contribution < -0.4 is 36.4 Å². The van der Waals surface area contributed by atoms with Gasteiger partial charge in [-0.15, -0.1) is 24.8 Å². The van der Waals surface area contributed by atoms with Gasteiger partial charge in [0.15, 0.2) is 5.78 Å². The fourth-order valence-corrected chi connectivity index (χ4v) is 11.1. The maximum absolute atomic E-state index is 14.9. The molecule has 0 fully saturated rings. The molecule has 4 aromatic carbocycles. The number of ketones is 1. The summed E-state index contributed by atoms with van der Waals surface area (Å²) < 4.78 is 0. The zero-order valence-electron chi connectivity index (χ0n) is 41.3. The van der Waals surface area contributed by atoms with Gasteiger partial charge in [-0.25, -0.2) is 0 Å². The van der Waals surface area contributed by atoms with E-state index in [2.05, 4.69) is 50.8 Å². The lowest BCUT2D eigenvalue weighted by Crippen LogP contribution is -2.57. The topological polar surface area (TPSA) is 169 Å². The van der Waals surface area contributed by atoms with Crippen LogP contribution >= 0.6 is 24.8 Å². The van der Waals surface area contributed by atoms with E-state index in [4.69, 9.17) is 0 Å². The van der Waals surface area contributed by atoms with E-state index in [9.17, 15) is 28.8 Å². The number of nitrogens with zero attached hydrogens (tertiary/aromatic N) is 2. The first kappa shape index (κ1) is 54.7. The van der Waals surface area contributed by atoms with Gasteiger partial charge in [-0.05, 0) is 124 Å². The molecule has 4 aromatic rings. The summed E-state index contributed by atoms with van der Waals surface area (Å²) in [5.74, 6) is -1.34. The number of amides is 5. The van der Waals surface area contributed by atoms with Gasteiger partial charge in [0.2, 0.25) is 29.5 Å². The minimum Gasteiger partial charge on any atom is -0.347 e. The zero-order valence-corrected chi connectivity index (χ0v) is 42.9. The molecule has 2 aliphatic carbocycles. The molecular weight excluding hydrogens is 938 g/mol. The van der Waals surface area contributed by atoms with Crippen LogP contribution in [0.3, 0.4) is 0 Å². The number of carbonyl (C=O) groups is 6. The Bertz CT molecular complexity index is 2520. The number of nitrogens with one attached hydrogen (secondary N) is 5. The molecule has 7 atom stereocenters. The van der Waals surface area contributed by atoms with Crippen LogP contribution in [-0.2, 0) is 54.5 Å². The van der Waals surface area contributed by atoms with Gasteiger partial charge in [-0.3, -0.25) is 38.6 Å². The molecule has 0 radical (unpaired) electrons. The molecule has 0 bridgehead atoms. The average molecular weight is 1010 g/mol. The maximum atomic E-state index is 14.9. The molecule has 0 saturated heterocycles. The number of hydrogen-bond acceptors (Lipinski definition) is 8. The third-order valence-corrected chi connectivity index (χ3v) is 14.9. The molecule has 5 N–H and O–H groups in total. The van der Waals surface area contributed by atoms with Crippen molar-refractivity contribution in [3.63, 3.8) is 0 Å². The Hall–Kier alpha value is -5.60. The molecule has 0 aromatic heterocycles. The molecule has 0 saturated carbocycles. The Morgan fingerprint density at radius 3 is 1.72 bits per heavy atom. The van der Waals surface area contributed by atoms with Crippen molar-refractivity contribution in [3.8, 4) is 0 Å². The largest absolute Gasteiger partial charge is 0.347 e. The molecule has 2 heterocycles. The summed E-state index contributed by atoms with van der Waals surface area (Å²) in [6.07, 6.45) is 10.1. The number of likely N-dealkylation sites (N-methyl/N-ethyl adjacent to an activating group) is 2. The summed E-state index contributed by atoms with van der Waals surface area (Å²) in [5, 5.41) is 15.1. The first-order valence-electron chi connectivity index (χ1n) is 25.3. The summed E-state index contributed by atoms with van der Waals surface area (Å²) in [6.45, 7) is 1.78. The van der Waals surface area contributed by atoms with E-state index in [1.54, 1.807) is 30.8 Å². The molecule has 8 rings (SSSR count). The lowest BCUT2D eigenvalue weighted by molar-refractivity contribution is -0.130. The van der Waals surface area contributed by atoms with E-state index >= 15 is 0 Å². The van der Waals surface area contributed by atoms with Crippen molar-refractivity contribution in [1.29, 1.82) is 0 Å². The highest BCUT2D eigenvalue weighted by atomic mass is 35.5. The Kier molecular flexibility index (Phi) is 19.8. The summed E-state index contributed by atoms with van der Waals surface area (Å²) in [6, 6.07) is 27.9. The second-order valence-electron chi connectivity index (χ2n) is 19.4. The second-order valence-corrected chi connectivity index (χ2v) is 19.4. The van der Waals surface area contributed by atoms with Crippen LogP contribution in [0.1, 0.15) is 123 Å². The minimum atomic E-state index is -0.896. The number of Topliss-reactive ketones (excluding diaryl/α,β-unsaturated/α-hetero) is 1. The number of halogens is 2. The van der Waals surface area contributed by atoms with Gasteiger partial charge in [-0.2, -0.15) is 0 Å². The second kappa shape index (κ2) is 25.7. The Morgan fingerprint density at radius 2 is 1.11 bits per heavy atom. The van der Waals surface area contributed by atoms with Crippen molar-refractivity contribution >= 4 is 71.5 Å². The molecule has 5 amide bonds. The van der Waals surface area contributed by atoms with Crippen LogP contribution in [-0.4, -0.2) is 86.2 Å². The van der Waals surface area contributed by atoms with Crippen molar-refractivity contribution in [2.24, 2.45) is 0 Å². The Labute approximate surface area is 431 Å². The molecule has 1 unspecified atom stereocenters.